The number of carbonyl (C=O) groups is 1. The van der Waals surface area contributed by atoms with Crippen LogP contribution in [0.1, 0.15) is 26.2 Å². The molecule has 1 heterocycles. The zero-order valence-corrected chi connectivity index (χ0v) is 7.02. The van der Waals surface area contributed by atoms with Crippen molar-refractivity contribution in [3.8, 4) is 0 Å². The SMILES string of the molecule is CCCCNC(=O)[C@@H]1CCN1. The summed E-state index contributed by atoms with van der Waals surface area (Å²) in [5.41, 5.74) is 0. The lowest BCUT2D eigenvalue weighted by atomic mass is 10.1. The van der Waals surface area contributed by atoms with Gasteiger partial charge < -0.3 is 10.6 Å². The molecule has 1 atom stereocenters. The van der Waals surface area contributed by atoms with Crippen LogP contribution in [0.4, 0.5) is 0 Å². The summed E-state index contributed by atoms with van der Waals surface area (Å²) in [6, 6.07) is 0.104. The van der Waals surface area contributed by atoms with E-state index in [0.29, 0.717) is 0 Å². The van der Waals surface area contributed by atoms with Gasteiger partial charge in [-0.3, -0.25) is 4.79 Å². The Hall–Kier alpha value is -0.570. The maximum absolute atomic E-state index is 11.1. The molecule has 0 spiro atoms. The van der Waals surface area contributed by atoms with Crippen molar-refractivity contribution >= 4 is 5.91 Å². The third-order valence-corrected chi connectivity index (χ3v) is 1.97. The molecule has 11 heavy (non-hydrogen) atoms. The zero-order valence-electron chi connectivity index (χ0n) is 7.02. The lowest BCUT2D eigenvalue weighted by molar-refractivity contribution is -0.124. The molecule has 0 unspecified atom stereocenters. The van der Waals surface area contributed by atoms with Crippen LogP contribution in [0.15, 0.2) is 0 Å². The molecule has 0 aromatic carbocycles. The van der Waals surface area contributed by atoms with Crippen molar-refractivity contribution in [2.45, 2.75) is 32.2 Å². The van der Waals surface area contributed by atoms with Crippen LogP contribution >= 0.6 is 0 Å². The van der Waals surface area contributed by atoms with Gasteiger partial charge in [-0.05, 0) is 19.4 Å². The Morgan fingerprint density at radius 1 is 1.73 bits per heavy atom. The summed E-state index contributed by atoms with van der Waals surface area (Å²) in [6.45, 7) is 3.94. The Balaban J connectivity index is 2.01. The Morgan fingerprint density at radius 2 is 2.45 bits per heavy atom. The molecule has 0 aliphatic carbocycles. The van der Waals surface area contributed by atoms with Gasteiger partial charge in [-0.15, -0.1) is 0 Å². The molecular formula is C8H16N2O. The molecule has 2 N–H and O–H groups in total. The van der Waals surface area contributed by atoms with Gasteiger partial charge in [0, 0.05) is 6.54 Å². The fourth-order valence-corrected chi connectivity index (χ4v) is 1.02. The number of rotatable bonds is 4. The molecule has 0 radical (unpaired) electrons. The highest BCUT2D eigenvalue weighted by molar-refractivity contribution is 5.82. The van der Waals surface area contributed by atoms with Crippen LogP contribution < -0.4 is 10.6 Å². The van der Waals surface area contributed by atoms with E-state index in [9.17, 15) is 4.79 Å². The van der Waals surface area contributed by atoms with E-state index >= 15 is 0 Å². The minimum absolute atomic E-state index is 0.104. The smallest absolute Gasteiger partial charge is 0.237 e. The molecule has 0 saturated carbocycles. The second kappa shape index (κ2) is 4.34. The van der Waals surface area contributed by atoms with E-state index in [1.54, 1.807) is 0 Å². The van der Waals surface area contributed by atoms with Gasteiger partial charge in [0.25, 0.3) is 0 Å². The predicted octanol–water partition coefficient (Wildman–Crippen LogP) is 0.265. The molecule has 1 aliphatic rings. The third-order valence-electron chi connectivity index (χ3n) is 1.97. The minimum atomic E-state index is 0.104. The first-order valence-corrected chi connectivity index (χ1v) is 4.35. The first-order valence-electron chi connectivity index (χ1n) is 4.35. The van der Waals surface area contributed by atoms with Crippen molar-refractivity contribution in [3.05, 3.63) is 0 Å². The van der Waals surface area contributed by atoms with E-state index in [1.807, 2.05) is 0 Å². The summed E-state index contributed by atoms with van der Waals surface area (Å²) in [5, 5.41) is 5.94. The Labute approximate surface area is 67.5 Å². The largest absolute Gasteiger partial charge is 0.355 e. The number of hydrogen-bond donors (Lipinski definition) is 2. The molecule has 1 amide bonds. The summed E-state index contributed by atoms with van der Waals surface area (Å²) in [7, 11) is 0. The van der Waals surface area contributed by atoms with Crippen LogP contribution in [0.2, 0.25) is 0 Å². The van der Waals surface area contributed by atoms with Crippen molar-refractivity contribution in [1.29, 1.82) is 0 Å². The second-order valence-corrected chi connectivity index (χ2v) is 2.94. The van der Waals surface area contributed by atoms with Gasteiger partial charge in [0.15, 0.2) is 0 Å². The summed E-state index contributed by atoms with van der Waals surface area (Å²) in [4.78, 5) is 11.1. The van der Waals surface area contributed by atoms with Crippen molar-refractivity contribution in [2.24, 2.45) is 0 Å². The molecule has 0 aromatic heterocycles. The molecule has 3 heteroatoms. The number of unbranched alkanes of at least 4 members (excludes halogenated alkanes) is 1. The summed E-state index contributed by atoms with van der Waals surface area (Å²) < 4.78 is 0. The van der Waals surface area contributed by atoms with Gasteiger partial charge in [-0.2, -0.15) is 0 Å². The number of carbonyl (C=O) groups excluding carboxylic acids is 1. The molecule has 0 aromatic rings. The molecule has 1 aliphatic heterocycles. The monoisotopic (exact) mass is 156 g/mol. The molecule has 1 fully saturated rings. The van der Waals surface area contributed by atoms with Gasteiger partial charge in [-0.25, -0.2) is 0 Å². The Morgan fingerprint density at radius 3 is 2.91 bits per heavy atom. The number of nitrogens with one attached hydrogen (secondary N) is 2. The van der Waals surface area contributed by atoms with E-state index in [4.69, 9.17) is 0 Å². The van der Waals surface area contributed by atoms with Gasteiger partial charge in [-0.1, -0.05) is 13.3 Å². The van der Waals surface area contributed by atoms with E-state index in [1.165, 1.54) is 0 Å². The lowest BCUT2D eigenvalue weighted by Crippen LogP contribution is -2.53. The predicted molar refractivity (Wildman–Crippen MR) is 44.3 cm³/mol. The fraction of sp³-hybridized carbons (Fsp3) is 0.875. The van der Waals surface area contributed by atoms with E-state index in [-0.39, 0.29) is 11.9 Å². The maximum atomic E-state index is 11.1. The van der Waals surface area contributed by atoms with Crippen molar-refractivity contribution < 1.29 is 4.79 Å². The molecule has 64 valence electrons. The average molecular weight is 156 g/mol. The highest BCUT2D eigenvalue weighted by Gasteiger charge is 2.23. The first kappa shape index (κ1) is 8.53. The van der Waals surface area contributed by atoms with Crippen LogP contribution in [0, 0.1) is 0 Å². The standard InChI is InChI=1S/C8H16N2O/c1-2-3-5-10-8(11)7-4-6-9-7/h7,9H,2-6H2,1H3,(H,10,11)/t7-/m0/s1. The maximum Gasteiger partial charge on any atom is 0.237 e. The molecule has 3 nitrogen and oxygen atoms in total. The highest BCUT2D eigenvalue weighted by Crippen LogP contribution is 2.00. The third kappa shape index (κ3) is 2.50. The van der Waals surface area contributed by atoms with Gasteiger partial charge >= 0.3 is 0 Å². The first-order chi connectivity index (χ1) is 5.34. The van der Waals surface area contributed by atoms with Crippen molar-refractivity contribution in [2.75, 3.05) is 13.1 Å². The quantitative estimate of drug-likeness (QED) is 0.573. The van der Waals surface area contributed by atoms with Crippen molar-refractivity contribution in [1.82, 2.24) is 10.6 Å². The fourth-order valence-electron chi connectivity index (χ4n) is 1.02. The van der Waals surface area contributed by atoms with E-state index < -0.39 is 0 Å². The molecule has 1 saturated heterocycles. The molecule has 0 bridgehead atoms. The summed E-state index contributed by atoms with van der Waals surface area (Å²) in [6.07, 6.45) is 3.22. The van der Waals surface area contributed by atoms with Crippen LogP contribution in [-0.2, 0) is 4.79 Å². The van der Waals surface area contributed by atoms with Gasteiger partial charge in [0.05, 0.1) is 6.04 Å². The van der Waals surface area contributed by atoms with E-state index in [0.717, 1.165) is 32.4 Å². The average Bonchev–Trinajstić information content (AvgIpc) is 1.84. The van der Waals surface area contributed by atoms with Gasteiger partial charge in [0.2, 0.25) is 5.91 Å². The highest BCUT2D eigenvalue weighted by atomic mass is 16.2. The summed E-state index contributed by atoms with van der Waals surface area (Å²) in [5.74, 6) is 0.171. The van der Waals surface area contributed by atoms with E-state index in [2.05, 4.69) is 17.6 Å². The zero-order chi connectivity index (χ0) is 8.10. The minimum Gasteiger partial charge on any atom is -0.355 e. The Bertz CT molecular complexity index is 132. The second-order valence-electron chi connectivity index (χ2n) is 2.94. The van der Waals surface area contributed by atoms with Gasteiger partial charge in [0.1, 0.15) is 0 Å². The van der Waals surface area contributed by atoms with Crippen LogP contribution in [0.5, 0.6) is 0 Å². The van der Waals surface area contributed by atoms with Crippen LogP contribution in [0.25, 0.3) is 0 Å². The van der Waals surface area contributed by atoms with Crippen LogP contribution in [-0.4, -0.2) is 25.0 Å². The Kier molecular flexibility index (Phi) is 3.36. The molecule has 1 rings (SSSR count). The number of hydrogen-bond acceptors (Lipinski definition) is 2. The molecular weight excluding hydrogens is 140 g/mol. The van der Waals surface area contributed by atoms with Crippen molar-refractivity contribution in [3.63, 3.8) is 0 Å². The normalized spacial score (nSPS) is 22.5. The topological polar surface area (TPSA) is 41.1 Å². The van der Waals surface area contributed by atoms with Crippen LogP contribution in [0.3, 0.4) is 0 Å². The summed E-state index contributed by atoms with van der Waals surface area (Å²) >= 11 is 0. The number of amides is 1. The lowest BCUT2D eigenvalue weighted by Gasteiger charge is -2.26.